The third-order valence-electron chi connectivity index (χ3n) is 4.16. The van der Waals surface area contributed by atoms with Crippen LogP contribution in [0.25, 0.3) is 0 Å². The lowest BCUT2D eigenvalue weighted by atomic mass is 9.95. The maximum absolute atomic E-state index is 13.1. The molecule has 1 atom stereocenters. The molecule has 1 saturated carbocycles. The van der Waals surface area contributed by atoms with Gasteiger partial charge in [-0.05, 0) is 31.0 Å². The number of sulfone groups is 1. The number of benzene rings is 1. The normalized spacial score (nSPS) is 21.3. The van der Waals surface area contributed by atoms with Crippen molar-refractivity contribution in [3.63, 3.8) is 0 Å². The number of aliphatic carboxylic acids is 1. The topological polar surface area (TPSA) is 101 Å². The molecule has 7 nitrogen and oxygen atoms in total. The van der Waals surface area contributed by atoms with Gasteiger partial charge in [-0.25, -0.2) is 8.42 Å². The number of nitrogens with zero attached hydrogens (tertiary/aromatic N) is 1. The van der Waals surface area contributed by atoms with Crippen molar-refractivity contribution >= 4 is 33.2 Å². The molecule has 2 aliphatic rings. The Morgan fingerprint density at radius 1 is 1.32 bits per heavy atom. The Labute approximate surface area is 149 Å². The van der Waals surface area contributed by atoms with Crippen LogP contribution < -0.4 is 0 Å². The molecule has 1 heterocycles. The molecule has 1 aromatic carbocycles. The predicted octanol–water partition coefficient (Wildman–Crippen LogP) is 1.92. The predicted molar refractivity (Wildman–Crippen MR) is 88.9 cm³/mol. The van der Waals surface area contributed by atoms with Gasteiger partial charge in [0.1, 0.15) is 5.76 Å². The van der Waals surface area contributed by atoms with E-state index in [1.165, 1.54) is 25.2 Å². The summed E-state index contributed by atoms with van der Waals surface area (Å²) < 4.78 is 24.1. The summed E-state index contributed by atoms with van der Waals surface area (Å²) in [5.41, 5.74) is -0.130. The van der Waals surface area contributed by atoms with E-state index in [1.807, 2.05) is 0 Å². The van der Waals surface area contributed by atoms with Crippen LogP contribution in [0.4, 0.5) is 0 Å². The maximum atomic E-state index is 13.1. The molecule has 1 aliphatic heterocycles. The van der Waals surface area contributed by atoms with Gasteiger partial charge < -0.3 is 9.94 Å². The van der Waals surface area contributed by atoms with Crippen LogP contribution in [0.3, 0.4) is 0 Å². The van der Waals surface area contributed by atoms with E-state index in [0.717, 1.165) is 24.2 Å². The number of hydrogen-bond acceptors (Lipinski definition) is 6. The second kappa shape index (κ2) is 6.12. The third-order valence-corrected chi connectivity index (χ3v) is 5.53. The lowest BCUT2D eigenvalue weighted by Crippen LogP contribution is -2.37. The van der Waals surface area contributed by atoms with E-state index in [2.05, 4.69) is 0 Å². The number of carbonyl (C=O) groups excluding carboxylic acids is 1. The van der Waals surface area contributed by atoms with Gasteiger partial charge in [0.05, 0.1) is 10.5 Å². The van der Waals surface area contributed by atoms with Crippen molar-refractivity contribution in [2.75, 3.05) is 13.3 Å². The zero-order chi connectivity index (χ0) is 18.5. The lowest BCUT2D eigenvalue weighted by molar-refractivity contribution is -0.156. The number of rotatable bonds is 5. The average molecular weight is 386 g/mol. The zero-order valence-electron chi connectivity index (χ0n) is 13.5. The quantitative estimate of drug-likeness (QED) is 0.772. The van der Waals surface area contributed by atoms with Gasteiger partial charge in [0.25, 0.3) is 0 Å². The van der Waals surface area contributed by atoms with Gasteiger partial charge >= 0.3 is 5.97 Å². The molecule has 0 radical (unpaired) electrons. The number of carboxylic acid groups (broad SMARTS) is 1. The van der Waals surface area contributed by atoms with E-state index < -0.39 is 27.6 Å². The highest BCUT2D eigenvalue weighted by atomic mass is 35.5. The summed E-state index contributed by atoms with van der Waals surface area (Å²) in [6, 6.07) is 2.61. The highest BCUT2D eigenvalue weighted by molar-refractivity contribution is 7.90. The largest absolute Gasteiger partial charge is 0.480 e. The number of carboxylic acids is 1. The molecule has 0 saturated heterocycles. The van der Waals surface area contributed by atoms with E-state index in [9.17, 15) is 23.1 Å². The molecule has 0 bridgehead atoms. The van der Waals surface area contributed by atoms with Gasteiger partial charge in [0.2, 0.25) is 0 Å². The second-order valence-electron chi connectivity index (χ2n) is 6.17. The summed E-state index contributed by atoms with van der Waals surface area (Å²) >= 11 is 5.86. The first-order valence-electron chi connectivity index (χ1n) is 7.53. The number of hydroxylamine groups is 2. The fourth-order valence-electron chi connectivity index (χ4n) is 2.86. The Morgan fingerprint density at radius 2 is 1.96 bits per heavy atom. The lowest BCUT2D eigenvalue weighted by Gasteiger charge is -2.16. The van der Waals surface area contributed by atoms with Crippen LogP contribution in [0.2, 0.25) is 5.02 Å². The monoisotopic (exact) mass is 385 g/mol. The average Bonchev–Trinajstić information content (AvgIpc) is 3.28. The minimum atomic E-state index is -3.73. The Balaban J connectivity index is 2.17. The van der Waals surface area contributed by atoms with Crippen LogP contribution in [-0.2, 0) is 19.5 Å². The number of halogens is 1. The van der Waals surface area contributed by atoms with Crippen LogP contribution >= 0.6 is 11.6 Å². The summed E-state index contributed by atoms with van der Waals surface area (Å²) in [6.07, 6.45) is 2.56. The van der Waals surface area contributed by atoms with Crippen molar-refractivity contribution < 1.29 is 28.0 Å². The van der Waals surface area contributed by atoms with Gasteiger partial charge in [-0.2, -0.15) is 0 Å². The van der Waals surface area contributed by atoms with Crippen LogP contribution in [0.5, 0.6) is 0 Å². The van der Waals surface area contributed by atoms with Crippen molar-refractivity contribution in [1.82, 2.24) is 5.06 Å². The molecule has 1 aromatic rings. The second-order valence-corrected chi connectivity index (χ2v) is 8.59. The van der Waals surface area contributed by atoms with E-state index in [-0.39, 0.29) is 27.0 Å². The fraction of sp³-hybridized carbons (Fsp3) is 0.375. The highest BCUT2D eigenvalue weighted by Crippen LogP contribution is 2.44. The standard InChI is InChI=1S/C16H16ClNO6S/c1-18-13(16(20)21)12(15(24-18)8-3-4-8)14(19)10-6-5-9(17)7-11(10)25(2,22)23/h5-8,13H,3-4H2,1-2H3,(H,20,21). The number of ketones is 1. The Morgan fingerprint density at radius 3 is 2.48 bits per heavy atom. The van der Waals surface area contributed by atoms with Crippen LogP contribution in [0, 0.1) is 5.92 Å². The van der Waals surface area contributed by atoms with Crippen LogP contribution in [0.1, 0.15) is 23.2 Å². The van der Waals surface area contributed by atoms with Crippen molar-refractivity contribution in [2.45, 2.75) is 23.8 Å². The molecule has 9 heteroatoms. The smallest absolute Gasteiger partial charge is 0.329 e. The van der Waals surface area contributed by atoms with Gasteiger partial charge in [-0.15, -0.1) is 5.06 Å². The number of hydrogen-bond donors (Lipinski definition) is 1. The van der Waals surface area contributed by atoms with E-state index in [1.54, 1.807) is 0 Å². The highest BCUT2D eigenvalue weighted by Gasteiger charge is 2.47. The first kappa shape index (κ1) is 17.9. The van der Waals surface area contributed by atoms with Gasteiger partial charge in [0.15, 0.2) is 21.7 Å². The molecular formula is C16H16ClNO6S. The van der Waals surface area contributed by atoms with Crippen molar-refractivity contribution in [1.29, 1.82) is 0 Å². The minimum absolute atomic E-state index is 0.0141. The molecule has 1 N–H and O–H groups in total. The molecule has 0 amide bonds. The Bertz CT molecular complexity index is 903. The van der Waals surface area contributed by atoms with Gasteiger partial charge in [0, 0.05) is 29.8 Å². The van der Waals surface area contributed by atoms with Crippen molar-refractivity contribution in [3.8, 4) is 0 Å². The molecule has 25 heavy (non-hydrogen) atoms. The molecule has 3 rings (SSSR count). The summed E-state index contributed by atoms with van der Waals surface area (Å²) in [4.78, 5) is 30.0. The molecular weight excluding hydrogens is 370 g/mol. The van der Waals surface area contributed by atoms with E-state index >= 15 is 0 Å². The van der Waals surface area contributed by atoms with Crippen molar-refractivity contribution in [3.05, 3.63) is 40.1 Å². The summed E-state index contributed by atoms with van der Waals surface area (Å²) in [6.45, 7) is 0. The summed E-state index contributed by atoms with van der Waals surface area (Å²) in [5.74, 6) is -1.61. The number of likely N-dealkylation sites (N-methyl/N-ethyl adjacent to an activating group) is 1. The van der Waals surface area contributed by atoms with Crippen molar-refractivity contribution in [2.24, 2.45) is 5.92 Å². The number of Topliss-reactive ketones (excluding diaryl/α,β-unsaturated/α-hetero) is 1. The first-order valence-corrected chi connectivity index (χ1v) is 9.80. The summed E-state index contributed by atoms with van der Waals surface area (Å²) in [5, 5.41) is 10.8. The molecule has 1 fully saturated rings. The molecule has 1 unspecified atom stereocenters. The van der Waals surface area contributed by atoms with E-state index in [0.29, 0.717) is 5.76 Å². The molecule has 1 aliphatic carbocycles. The van der Waals surface area contributed by atoms with Crippen LogP contribution in [0.15, 0.2) is 34.4 Å². The first-order chi connectivity index (χ1) is 11.6. The number of carbonyl (C=O) groups is 2. The minimum Gasteiger partial charge on any atom is -0.480 e. The van der Waals surface area contributed by atoms with Crippen LogP contribution in [-0.4, -0.2) is 49.7 Å². The number of allylic oxidation sites excluding steroid dienone is 1. The Kier molecular flexibility index (Phi) is 4.38. The molecule has 0 aromatic heterocycles. The molecule has 0 spiro atoms. The van der Waals surface area contributed by atoms with Gasteiger partial charge in [-0.3, -0.25) is 9.59 Å². The Hall–Kier alpha value is -1.90. The van der Waals surface area contributed by atoms with Gasteiger partial charge in [-0.1, -0.05) is 11.6 Å². The maximum Gasteiger partial charge on any atom is 0.329 e. The zero-order valence-corrected chi connectivity index (χ0v) is 15.1. The summed E-state index contributed by atoms with van der Waals surface area (Å²) in [7, 11) is -2.30. The SMILES string of the molecule is CN1OC(C2CC2)=C(C(=O)c2ccc(Cl)cc2S(C)(=O)=O)C1C(=O)O. The van der Waals surface area contributed by atoms with E-state index in [4.69, 9.17) is 16.4 Å². The fourth-order valence-corrected chi connectivity index (χ4v) is 4.00. The molecule has 134 valence electrons. The third kappa shape index (κ3) is 3.29.